The standard InChI is InChI=1S/C12H13FO3/c1-7(14)8-4-10-11(16-6-15-10)5-9(8)12(2,3)13/h4-5H,6H2,1-3H3. The maximum atomic E-state index is 14.0. The fourth-order valence-electron chi connectivity index (χ4n) is 1.73. The molecular weight excluding hydrogens is 211 g/mol. The number of carbonyl (C=O) groups excluding carboxylic acids is 1. The Kier molecular flexibility index (Phi) is 2.37. The zero-order valence-corrected chi connectivity index (χ0v) is 9.46. The van der Waals surface area contributed by atoms with Crippen LogP contribution < -0.4 is 9.47 Å². The maximum Gasteiger partial charge on any atom is 0.231 e. The summed E-state index contributed by atoms with van der Waals surface area (Å²) in [6.45, 7) is 4.35. The molecule has 0 aliphatic carbocycles. The molecule has 1 aromatic carbocycles. The minimum absolute atomic E-state index is 0.114. The van der Waals surface area contributed by atoms with Gasteiger partial charge in [-0.2, -0.15) is 0 Å². The van der Waals surface area contributed by atoms with Crippen molar-refractivity contribution in [1.29, 1.82) is 0 Å². The molecule has 0 radical (unpaired) electrons. The van der Waals surface area contributed by atoms with Gasteiger partial charge in [0.05, 0.1) is 0 Å². The van der Waals surface area contributed by atoms with E-state index in [1.165, 1.54) is 20.8 Å². The largest absolute Gasteiger partial charge is 0.454 e. The number of alkyl halides is 1. The van der Waals surface area contributed by atoms with Crippen LogP contribution in [0.15, 0.2) is 12.1 Å². The zero-order valence-electron chi connectivity index (χ0n) is 9.46. The van der Waals surface area contributed by atoms with Crippen molar-refractivity contribution in [3.05, 3.63) is 23.3 Å². The normalized spacial score (nSPS) is 14.0. The Morgan fingerprint density at radius 2 is 1.88 bits per heavy atom. The van der Waals surface area contributed by atoms with E-state index in [4.69, 9.17) is 9.47 Å². The molecule has 1 aliphatic heterocycles. The van der Waals surface area contributed by atoms with Crippen LogP contribution in [-0.4, -0.2) is 12.6 Å². The van der Waals surface area contributed by atoms with Crippen molar-refractivity contribution in [2.24, 2.45) is 0 Å². The number of benzene rings is 1. The third-order valence-electron chi connectivity index (χ3n) is 2.53. The van der Waals surface area contributed by atoms with E-state index in [9.17, 15) is 9.18 Å². The molecule has 2 rings (SSSR count). The van der Waals surface area contributed by atoms with Crippen LogP contribution >= 0.6 is 0 Å². The molecule has 0 atom stereocenters. The van der Waals surface area contributed by atoms with Gasteiger partial charge in [-0.15, -0.1) is 0 Å². The Morgan fingerprint density at radius 3 is 2.38 bits per heavy atom. The first-order valence-corrected chi connectivity index (χ1v) is 5.03. The number of ether oxygens (including phenoxy) is 2. The van der Waals surface area contributed by atoms with Gasteiger partial charge in [0.2, 0.25) is 6.79 Å². The maximum absolute atomic E-state index is 14.0. The Morgan fingerprint density at radius 1 is 1.31 bits per heavy atom. The van der Waals surface area contributed by atoms with Gasteiger partial charge in [-0.1, -0.05) is 0 Å². The van der Waals surface area contributed by atoms with E-state index < -0.39 is 5.67 Å². The molecule has 0 saturated carbocycles. The lowest BCUT2D eigenvalue weighted by Gasteiger charge is -2.18. The summed E-state index contributed by atoms with van der Waals surface area (Å²) >= 11 is 0. The predicted octanol–water partition coefficient (Wildman–Crippen LogP) is 2.82. The molecule has 0 N–H and O–H groups in total. The Balaban J connectivity index is 2.62. The third kappa shape index (κ3) is 1.75. The summed E-state index contributed by atoms with van der Waals surface area (Å²) in [5.41, 5.74) is -0.900. The molecule has 3 nitrogen and oxygen atoms in total. The zero-order chi connectivity index (χ0) is 11.9. The minimum Gasteiger partial charge on any atom is -0.454 e. The van der Waals surface area contributed by atoms with E-state index in [-0.39, 0.29) is 12.6 Å². The van der Waals surface area contributed by atoms with E-state index in [2.05, 4.69) is 0 Å². The third-order valence-corrected chi connectivity index (χ3v) is 2.53. The molecule has 0 spiro atoms. The predicted molar refractivity (Wildman–Crippen MR) is 56.7 cm³/mol. The van der Waals surface area contributed by atoms with Gasteiger partial charge in [-0.05, 0) is 32.9 Å². The molecule has 0 bridgehead atoms. The number of halogens is 1. The van der Waals surface area contributed by atoms with E-state index in [1.807, 2.05) is 0 Å². The smallest absolute Gasteiger partial charge is 0.231 e. The number of fused-ring (bicyclic) bond motifs is 1. The molecule has 4 heteroatoms. The number of ketones is 1. The van der Waals surface area contributed by atoms with E-state index >= 15 is 0 Å². The van der Waals surface area contributed by atoms with Crippen molar-refractivity contribution in [3.63, 3.8) is 0 Å². The average molecular weight is 224 g/mol. The fourth-order valence-corrected chi connectivity index (χ4v) is 1.73. The van der Waals surface area contributed by atoms with Crippen molar-refractivity contribution in [3.8, 4) is 11.5 Å². The van der Waals surface area contributed by atoms with Crippen LogP contribution in [0.1, 0.15) is 36.7 Å². The molecule has 0 amide bonds. The van der Waals surface area contributed by atoms with Crippen molar-refractivity contribution in [1.82, 2.24) is 0 Å². The van der Waals surface area contributed by atoms with Crippen molar-refractivity contribution in [2.45, 2.75) is 26.4 Å². The molecule has 1 aliphatic rings. The fraction of sp³-hybridized carbons (Fsp3) is 0.417. The van der Waals surface area contributed by atoms with Crippen LogP contribution in [0.2, 0.25) is 0 Å². The summed E-state index contributed by atoms with van der Waals surface area (Å²) in [6, 6.07) is 3.08. The first-order valence-electron chi connectivity index (χ1n) is 5.03. The highest BCUT2D eigenvalue weighted by Gasteiger charge is 2.28. The lowest BCUT2D eigenvalue weighted by Crippen LogP contribution is -2.14. The summed E-state index contributed by atoms with van der Waals surface area (Å²) in [4.78, 5) is 11.4. The Labute approximate surface area is 93.2 Å². The number of rotatable bonds is 2. The molecule has 0 fully saturated rings. The summed E-state index contributed by atoms with van der Waals surface area (Å²) in [5.74, 6) is 0.808. The summed E-state index contributed by atoms with van der Waals surface area (Å²) in [7, 11) is 0. The number of hydrogen-bond donors (Lipinski definition) is 0. The van der Waals surface area contributed by atoms with E-state index in [0.717, 1.165) is 0 Å². The topological polar surface area (TPSA) is 35.5 Å². The van der Waals surface area contributed by atoms with Crippen molar-refractivity contribution in [2.75, 3.05) is 6.79 Å². The lowest BCUT2D eigenvalue weighted by atomic mass is 9.92. The van der Waals surface area contributed by atoms with Crippen molar-refractivity contribution >= 4 is 5.78 Å². The van der Waals surface area contributed by atoms with Gasteiger partial charge in [-0.3, -0.25) is 4.79 Å². The SMILES string of the molecule is CC(=O)c1cc2c(cc1C(C)(C)F)OCO2. The van der Waals surface area contributed by atoms with Gasteiger partial charge in [0.15, 0.2) is 17.3 Å². The first kappa shape index (κ1) is 10.9. The van der Waals surface area contributed by atoms with Gasteiger partial charge in [0.1, 0.15) is 5.67 Å². The second kappa shape index (κ2) is 3.47. The highest BCUT2D eigenvalue weighted by molar-refractivity contribution is 5.96. The lowest BCUT2D eigenvalue weighted by molar-refractivity contribution is 0.101. The Hall–Kier alpha value is -1.58. The van der Waals surface area contributed by atoms with E-state index in [1.54, 1.807) is 12.1 Å². The molecule has 1 aromatic rings. The van der Waals surface area contributed by atoms with Gasteiger partial charge in [-0.25, -0.2) is 4.39 Å². The average Bonchev–Trinajstić information content (AvgIpc) is 2.60. The molecule has 0 saturated heterocycles. The van der Waals surface area contributed by atoms with Gasteiger partial charge in [0, 0.05) is 11.1 Å². The van der Waals surface area contributed by atoms with Crippen LogP contribution in [0.3, 0.4) is 0 Å². The highest BCUT2D eigenvalue weighted by atomic mass is 19.1. The first-order chi connectivity index (χ1) is 7.39. The van der Waals surface area contributed by atoms with Crippen LogP contribution in [0.5, 0.6) is 11.5 Å². The van der Waals surface area contributed by atoms with Crippen LogP contribution in [0.4, 0.5) is 4.39 Å². The second-order valence-corrected chi connectivity index (χ2v) is 4.28. The van der Waals surface area contributed by atoms with Crippen molar-refractivity contribution < 1.29 is 18.7 Å². The highest BCUT2D eigenvalue weighted by Crippen LogP contribution is 2.39. The molecule has 0 aromatic heterocycles. The van der Waals surface area contributed by atoms with Crippen LogP contribution in [-0.2, 0) is 5.67 Å². The van der Waals surface area contributed by atoms with E-state index in [0.29, 0.717) is 22.6 Å². The minimum atomic E-state index is -1.58. The molecule has 86 valence electrons. The molecular formula is C12H13FO3. The summed E-state index contributed by atoms with van der Waals surface area (Å²) in [6.07, 6.45) is 0. The van der Waals surface area contributed by atoms with Crippen LogP contribution in [0.25, 0.3) is 0 Å². The van der Waals surface area contributed by atoms with Gasteiger partial charge < -0.3 is 9.47 Å². The summed E-state index contributed by atoms with van der Waals surface area (Å²) < 4.78 is 24.3. The monoisotopic (exact) mass is 224 g/mol. The number of hydrogen-bond acceptors (Lipinski definition) is 3. The Bertz CT molecular complexity index is 446. The molecule has 1 heterocycles. The van der Waals surface area contributed by atoms with Gasteiger partial charge in [0.25, 0.3) is 0 Å². The summed E-state index contributed by atoms with van der Waals surface area (Å²) in [5, 5.41) is 0. The molecule has 0 unspecified atom stereocenters. The number of Topliss-reactive ketones (excluding diaryl/α,β-unsaturated/α-hetero) is 1. The molecule has 16 heavy (non-hydrogen) atoms. The van der Waals surface area contributed by atoms with Gasteiger partial charge >= 0.3 is 0 Å². The quantitative estimate of drug-likeness (QED) is 0.724. The van der Waals surface area contributed by atoms with Crippen LogP contribution in [0, 0.1) is 0 Å². The second-order valence-electron chi connectivity index (χ2n) is 4.28. The number of carbonyl (C=O) groups is 1.